The van der Waals surface area contributed by atoms with E-state index < -0.39 is 10.0 Å². The summed E-state index contributed by atoms with van der Waals surface area (Å²) in [6.45, 7) is 11.3. The van der Waals surface area contributed by atoms with Crippen LogP contribution in [0.2, 0.25) is 0 Å². The zero-order chi connectivity index (χ0) is 20.3. The van der Waals surface area contributed by atoms with E-state index in [1.807, 2.05) is 12.1 Å². The van der Waals surface area contributed by atoms with Gasteiger partial charge in [0.25, 0.3) is 0 Å². The van der Waals surface area contributed by atoms with Crippen LogP contribution in [0, 0.1) is 27.7 Å². The molecule has 0 aliphatic carbocycles. The minimum Gasteiger partial charge on any atom is -0.492 e. The molecule has 1 aliphatic rings. The van der Waals surface area contributed by atoms with Gasteiger partial charge in [0.05, 0.1) is 0 Å². The van der Waals surface area contributed by atoms with E-state index in [0.29, 0.717) is 37.7 Å². The van der Waals surface area contributed by atoms with Crippen LogP contribution < -0.4 is 4.74 Å². The van der Waals surface area contributed by atoms with Crippen LogP contribution >= 0.6 is 0 Å². The largest absolute Gasteiger partial charge is 0.492 e. The predicted molar refractivity (Wildman–Crippen MR) is 107 cm³/mol. The van der Waals surface area contributed by atoms with Crippen molar-refractivity contribution in [1.82, 2.24) is 14.4 Å². The molecule has 3 rings (SSSR count). The molecule has 0 saturated carbocycles. The van der Waals surface area contributed by atoms with Crippen LogP contribution in [-0.4, -0.2) is 62.1 Å². The molecule has 0 bridgehead atoms. The van der Waals surface area contributed by atoms with Crippen LogP contribution in [0.4, 0.5) is 0 Å². The molecule has 1 aromatic heterocycles. The Morgan fingerprint density at radius 1 is 1.04 bits per heavy atom. The maximum atomic E-state index is 13.0. The lowest BCUT2D eigenvalue weighted by Crippen LogP contribution is -2.36. The highest BCUT2D eigenvalue weighted by Crippen LogP contribution is 2.24. The van der Waals surface area contributed by atoms with Gasteiger partial charge in [-0.3, -0.25) is 4.90 Å². The highest BCUT2D eigenvalue weighted by Gasteiger charge is 2.32. The van der Waals surface area contributed by atoms with Crippen molar-refractivity contribution >= 4 is 10.0 Å². The highest BCUT2D eigenvalue weighted by molar-refractivity contribution is 7.89. The number of nitrogens with zero attached hydrogens (tertiary/aromatic N) is 3. The van der Waals surface area contributed by atoms with Crippen molar-refractivity contribution in [2.24, 2.45) is 0 Å². The zero-order valence-corrected chi connectivity index (χ0v) is 17.9. The van der Waals surface area contributed by atoms with Gasteiger partial charge < -0.3 is 9.26 Å². The Labute approximate surface area is 167 Å². The molecule has 1 aromatic carbocycles. The Balaban J connectivity index is 1.56. The molecule has 0 amide bonds. The van der Waals surface area contributed by atoms with Gasteiger partial charge in [-0.05, 0) is 63.9 Å². The minimum absolute atomic E-state index is 0.208. The average Bonchev–Trinajstić information content (AvgIpc) is 2.81. The maximum Gasteiger partial charge on any atom is 0.248 e. The topological polar surface area (TPSA) is 75.9 Å². The van der Waals surface area contributed by atoms with Gasteiger partial charge in [0.15, 0.2) is 5.76 Å². The summed E-state index contributed by atoms with van der Waals surface area (Å²) in [7, 11) is -3.58. The zero-order valence-electron chi connectivity index (χ0n) is 17.1. The quantitative estimate of drug-likeness (QED) is 0.733. The Kier molecular flexibility index (Phi) is 6.42. The molecular weight excluding hydrogens is 378 g/mol. The molecule has 0 radical (unpaired) electrons. The Morgan fingerprint density at radius 3 is 2.39 bits per heavy atom. The summed E-state index contributed by atoms with van der Waals surface area (Å²) in [5.41, 5.74) is 2.79. The normalized spacial score (nSPS) is 16.9. The first-order valence-electron chi connectivity index (χ1n) is 9.64. The van der Waals surface area contributed by atoms with Crippen molar-refractivity contribution < 1.29 is 17.7 Å². The number of benzene rings is 1. The van der Waals surface area contributed by atoms with Crippen molar-refractivity contribution in [3.8, 4) is 5.75 Å². The Bertz CT molecular complexity index is 884. The third-order valence-electron chi connectivity index (χ3n) is 4.98. The molecule has 2 aromatic rings. The predicted octanol–water partition coefficient (Wildman–Crippen LogP) is 2.68. The fourth-order valence-corrected chi connectivity index (χ4v) is 5.45. The molecule has 0 spiro atoms. The Hall–Kier alpha value is -1.90. The maximum absolute atomic E-state index is 13.0. The first-order valence-corrected chi connectivity index (χ1v) is 11.1. The summed E-state index contributed by atoms with van der Waals surface area (Å²) in [6.07, 6.45) is 0.784. The number of ether oxygens (including phenoxy) is 1. The molecule has 7 nitrogen and oxygen atoms in total. The molecule has 1 saturated heterocycles. The molecule has 1 fully saturated rings. The van der Waals surface area contributed by atoms with E-state index in [0.717, 1.165) is 25.3 Å². The van der Waals surface area contributed by atoms with Crippen LogP contribution in [0.25, 0.3) is 0 Å². The van der Waals surface area contributed by atoms with Gasteiger partial charge in [-0.1, -0.05) is 11.2 Å². The molecule has 0 atom stereocenters. The number of hydrogen-bond donors (Lipinski definition) is 0. The number of rotatable bonds is 6. The van der Waals surface area contributed by atoms with E-state index in [2.05, 4.69) is 30.0 Å². The van der Waals surface area contributed by atoms with E-state index in [1.54, 1.807) is 18.2 Å². The number of hydrogen-bond acceptors (Lipinski definition) is 6. The summed E-state index contributed by atoms with van der Waals surface area (Å²) < 4.78 is 38.5. The van der Waals surface area contributed by atoms with Crippen molar-refractivity contribution in [1.29, 1.82) is 0 Å². The van der Waals surface area contributed by atoms with Crippen molar-refractivity contribution in [3.63, 3.8) is 0 Å². The third kappa shape index (κ3) is 4.74. The van der Waals surface area contributed by atoms with Gasteiger partial charge in [0.2, 0.25) is 10.0 Å². The smallest absolute Gasteiger partial charge is 0.248 e. The van der Waals surface area contributed by atoms with Gasteiger partial charge in [-0.15, -0.1) is 0 Å². The second-order valence-corrected chi connectivity index (χ2v) is 9.30. The van der Waals surface area contributed by atoms with E-state index in [4.69, 9.17) is 9.26 Å². The van der Waals surface area contributed by atoms with E-state index >= 15 is 0 Å². The summed E-state index contributed by atoms with van der Waals surface area (Å²) in [5.74, 6) is 1.23. The molecule has 2 heterocycles. The molecule has 0 N–H and O–H groups in total. The Morgan fingerprint density at radius 2 is 1.75 bits per heavy atom. The van der Waals surface area contributed by atoms with Gasteiger partial charge in [-0.25, -0.2) is 8.42 Å². The standard InChI is InChI=1S/C20H29N3O4S/c1-15-12-16(2)14-19(13-15)26-11-10-22-6-5-7-23(9-8-22)28(24,25)20-17(3)21-27-18(20)4/h12-14H,5-11H2,1-4H3. The van der Waals surface area contributed by atoms with E-state index in [1.165, 1.54) is 11.1 Å². The minimum atomic E-state index is -3.58. The first kappa shape index (κ1) is 20.8. The van der Waals surface area contributed by atoms with Crippen molar-refractivity contribution in [3.05, 3.63) is 40.8 Å². The lowest BCUT2D eigenvalue weighted by molar-refractivity contribution is 0.215. The van der Waals surface area contributed by atoms with Gasteiger partial charge >= 0.3 is 0 Å². The monoisotopic (exact) mass is 407 g/mol. The highest BCUT2D eigenvalue weighted by atomic mass is 32.2. The van der Waals surface area contributed by atoms with E-state index in [9.17, 15) is 8.42 Å². The lowest BCUT2D eigenvalue weighted by atomic mass is 10.1. The van der Waals surface area contributed by atoms with Crippen LogP contribution in [0.3, 0.4) is 0 Å². The molecule has 28 heavy (non-hydrogen) atoms. The van der Waals surface area contributed by atoms with Gasteiger partial charge in [0, 0.05) is 26.2 Å². The first-order chi connectivity index (χ1) is 13.3. The van der Waals surface area contributed by atoms with Crippen LogP contribution in [0.15, 0.2) is 27.6 Å². The van der Waals surface area contributed by atoms with Gasteiger partial charge in [0.1, 0.15) is 22.9 Å². The molecular formula is C20H29N3O4S. The second-order valence-electron chi connectivity index (χ2n) is 7.42. The average molecular weight is 408 g/mol. The fourth-order valence-electron chi connectivity index (χ4n) is 3.69. The van der Waals surface area contributed by atoms with E-state index in [-0.39, 0.29) is 4.90 Å². The summed E-state index contributed by atoms with van der Waals surface area (Å²) in [4.78, 5) is 2.46. The molecule has 1 aliphatic heterocycles. The number of aryl methyl sites for hydroxylation is 4. The lowest BCUT2D eigenvalue weighted by Gasteiger charge is -2.21. The van der Waals surface area contributed by atoms with Crippen LogP contribution in [-0.2, 0) is 10.0 Å². The number of sulfonamides is 1. The van der Waals surface area contributed by atoms with Crippen molar-refractivity contribution in [2.45, 2.75) is 39.0 Å². The second kappa shape index (κ2) is 8.63. The molecule has 8 heteroatoms. The third-order valence-corrected chi connectivity index (χ3v) is 7.13. The molecule has 154 valence electrons. The summed E-state index contributed by atoms with van der Waals surface area (Å²) >= 11 is 0. The summed E-state index contributed by atoms with van der Waals surface area (Å²) in [6, 6.07) is 6.19. The van der Waals surface area contributed by atoms with Crippen LogP contribution in [0.1, 0.15) is 29.0 Å². The van der Waals surface area contributed by atoms with Crippen molar-refractivity contribution in [2.75, 3.05) is 39.3 Å². The summed E-state index contributed by atoms with van der Waals surface area (Å²) in [5, 5.41) is 3.79. The van der Waals surface area contributed by atoms with Crippen LogP contribution in [0.5, 0.6) is 5.75 Å². The van der Waals surface area contributed by atoms with Gasteiger partial charge in [-0.2, -0.15) is 4.31 Å². The SMILES string of the molecule is Cc1cc(C)cc(OCCN2CCCN(S(=O)(=O)c3c(C)noc3C)CC2)c1. The fraction of sp³-hybridized carbons (Fsp3) is 0.550. The molecule has 0 unspecified atom stereocenters. The number of aromatic nitrogens is 1.